The predicted molar refractivity (Wildman–Crippen MR) is 440 cm³/mol. The van der Waals surface area contributed by atoms with Gasteiger partial charge in [-0.15, -0.1) is 0 Å². The number of esters is 4. The number of carboxylic acids is 2. The largest absolute Gasteiger partial charge is 1.00 e. The summed E-state index contributed by atoms with van der Waals surface area (Å²) in [4.78, 5) is 79.3. The van der Waals surface area contributed by atoms with Crippen molar-refractivity contribution >= 4 is 265 Å². The molecule has 113 heavy (non-hydrogen) atoms. The standard InChI is InChI=1S/C15H16Br2O4.C11H6Br2F6.C11H8Br2O4.C8H6Br4.C8H8Br2.C7H12O4.CH2O3.5CH4.BHNS.F4S.2K.3Na.H2O.H/c1-3-20-13(18)15(14(19)21-4-2)7-9-5-11(16)12(17)6-10(9)8-15;12-7-1-5-3-9(10(14,15)16,11(17,18)19)4-6(5)2-8(7)13;12-7-1-5-3-11(9(14)15,10(16)17)4-6(5)2-8(7)13;9-3-5-1-7(11)8(12)2-6(5)4-10;1-5-3-7(9)8(10)4-6(5)2;1-3-10-6(8)5-7(9)11-4-2;2-1-4-3;;;;;;1-2-3;1-5(2,3)4;;;;;;;/h5-6H,3-4,7-8H2,1-2H3;1-2H,3-4H2;1-2H,3-4H2,(H,14,15)(H,16,17);1-2H,3-4H2;3-4H,1-2H3;3-5H2,1-2H3;1,3H;5*1H4;3H;;;;;;;1H2;/q;;;;;;;;;;;;;;5*+1;;-1/p-4. The number of ether oxygens (including phenoxy) is 4. The minimum Gasteiger partial charge on any atom is -1.00 e. The van der Waals surface area contributed by atoms with Crippen molar-refractivity contribution in [2.45, 2.75) is 147 Å². The first-order valence-corrected chi connectivity index (χ1v) is 39.9. The maximum atomic E-state index is 12.9. The number of hydrogen-bond acceptors (Lipinski definition) is 18. The summed E-state index contributed by atoms with van der Waals surface area (Å²) >= 11 is 37.3. The van der Waals surface area contributed by atoms with Gasteiger partial charge in [0, 0.05) is 55.4 Å². The Kier molecular flexibility index (Phi) is 88.9. The van der Waals surface area contributed by atoms with Crippen LogP contribution in [0.5, 0.6) is 0 Å². The number of aliphatic carboxylic acids is 2. The Morgan fingerprint density at radius 1 is 0.487 bits per heavy atom. The molecule has 0 bridgehead atoms. The van der Waals surface area contributed by atoms with Crippen molar-refractivity contribution in [2.75, 3.05) is 26.4 Å². The van der Waals surface area contributed by atoms with E-state index in [-0.39, 0.29) is 299 Å². The van der Waals surface area contributed by atoms with Crippen molar-refractivity contribution in [3.63, 3.8) is 0 Å². The number of fused-ring (bicyclic) bond motifs is 3. The van der Waals surface area contributed by atoms with Crippen LogP contribution in [0.4, 0.5) is 41.9 Å². The molecule has 3 aliphatic carbocycles. The van der Waals surface area contributed by atoms with Gasteiger partial charge in [-0.3, -0.25) is 24.0 Å². The van der Waals surface area contributed by atoms with Gasteiger partial charge in [0.1, 0.15) is 6.42 Å². The van der Waals surface area contributed by atoms with Crippen LogP contribution in [0.3, 0.4) is 0 Å². The average molecular weight is 2510 g/mol. The number of aryl methyl sites for hydroxylation is 2. The van der Waals surface area contributed by atoms with Crippen molar-refractivity contribution in [1.29, 1.82) is 0 Å². The average Bonchev–Trinajstić information content (AvgIpc) is 1.60. The van der Waals surface area contributed by atoms with Crippen LogP contribution in [0.25, 0.3) is 0 Å². The van der Waals surface area contributed by atoms with E-state index in [2.05, 4.69) is 268 Å². The van der Waals surface area contributed by atoms with Gasteiger partial charge >= 0.3 is 264 Å². The fourth-order valence-electron chi connectivity index (χ4n) is 9.02. The third kappa shape index (κ3) is 48.3. The second kappa shape index (κ2) is 70.2. The number of nitrogens with zero attached hydrogens (tertiary/aromatic N) is 1. The quantitative estimate of drug-likeness (QED) is 0.0118. The molecule has 17 nitrogen and oxygen atoms in total. The van der Waals surface area contributed by atoms with Crippen molar-refractivity contribution in [2.24, 2.45) is 20.5 Å². The Hall–Kier alpha value is 4.21. The number of carbonyl (C=O) groups is 7. The zero-order valence-electron chi connectivity index (χ0n) is 59.8. The van der Waals surface area contributed by atoms with Gasteiger partial charge in [0.25, 0.3) is 6.47 Å². The molecule has 5 aromatic carbocycles. The number of halogens is 22. The van der Waals surface area contributed by atoms with Gasteiger partial charge in [0.05, 0.1) is 43.8 Å². The summed E-state index contributed by atoms with van der Waals surface area (Å²) < 4.78 is 147. The summed E-state index contributed by atoms with van der Waals surface area (Å²) in [7, 11) is 4.34. The van der Waals surface area contributed by atoms with Crippen LogP contribution in [0.1, 0.15) is 128 Å². The van der Waals surface area contributed by atoms with E-state index < -0.39 is 88.8 Å². The first-order valence-electron chi connectivity index (χ1n) is 28.1. The van der Waals surface area contributed by atoms with Crippen LogP contribution in [0, 0.1) is 30.1 Å². The second-order valence-electron chi connectivity index (χ2n) is 20.5. The van der Waals surface area contributed by atoms with Gasteiger partial charge < -0.3 is 55.8 Å². The van der Waals surface area contributed by atoms with E-state index in [1.165, 1.54) is 34.4 Å². The van der Waals surface area contributed by atoms with Crippen molar-refractivity contribution in [3.8, 4) is 0 Å². The number of thiol groups is 1. The molecule has 0 saturated heterocycles. The van der Waals surface area contributed by atoms with Crippen LogP contribution >= 0.6 is 216 Å². The van der Waals surface area contributed by atoms with E-state index in [0.717, 1.165) is 57.6 Å². The summed E-state index contributed by atoms with van der Waals surface area (Å²) in [6, 6.07) is 18.4. The summed E-state index contributed by atoms with van der Waals surface area (Å²) in [6.07, 6.45) is -12.7. The fraction of sp³-hybridized carbons (Fsp3) is 0.439. The predicted octanol–water partition coefficient (Wildman–Crippen LogP) is 7.06. The maximum Gasteiger partial charge on any atom is 1.00 e. The van der Waals surface area contributed by atoms with Crippen molar-refractivity contribution in [1.82, 2.24) is 0 Å². The van der Waals surface area contributed by atoms with E-state index in [1.807, 2.05) is 12.1 Å². The van der Waals surface area contributed by atoms with Gasteiger partial charge in [-0.05, 0) is 356 Å². The van der Waals surface area contributed by atoms with Crippen LogP contribution in [-0.2, 0) is 107 Å². The third-order valence-electron chi connectivity index (χ3n) is 13.9. The fourth-order valence-corrected chi connectivity index (χ4v) is 14.1. The van der Waals surface area contributed by atoms with Crippen molar-refractivity contribution < 1.29 is 313 Å². The Morgan fingerprint density at radius 2 is 0.681 bits per heavy atom. The summed E-state index contributed by atoms with van der Waals surface area (Å²) in [5.74, 6) is -5.28. The second-order valence-corrected chi connectivity index (χ2v) is 31.1. The molecule has 0 spiro atoms. The molecule has 1 N–H and O–H groups in total. The monoisotopic (exact) mass is 2500 g/mol. The van der Waals surface area contributed by atoms with Crippen LogP contribution < -0.4 is 207 Å². The minimum absolute atomic E-state index is 0. The molecular weight excluding hydrogens is 2430 g/mol. The summed E-state index contributed by atoms with van der Waals surface area (Å²) in [5, 5.41) is 32.3. The number of rotatable bonds is 13. The van der Waals surface area contributed by atoms with Gasteiger partial charge in [-0.2, -0.15) is 26.3 Å². The topological polar surface area (TPSA) is 277 Å². The molecule has 0 aliphatic heterocycles. The van der Waals surface area contributed by atoms with Crippen LogP contribution in [0.2, 0.25) is 0 Å². The van der Waals surface area contributed by atoms with E-state index in [9.17, 15) is 80.9 Å². The SMILES string of the molecule is BrCc1cc(Br)c(Br)cc1CBr.C.C.C.C.C.CCOC(=O)C1(C(=O)OCC)Cc2cc(Br)c(Br)cc2C1.CCOC(=O)CC(=O)OCC.Cc1cc(Br)c(Br)cc1C.FC(F)(F)C1(C(F)(F)F)Cc2cc(Br)c(Br)cc2C1.FS(F)(F)F.O=C([O-])C1(C(=O)[O-])Cc2cc(Br)c(Br)cc2C1.O=CO[O-].[B]=NS.[H-].[K+].[K+].[Na+].[Na+].[Na+].[OH-]. The molecule has 0 saturated carbocycles. The molecule has 0 fully saturated rings. The molecular formula is C66H78BBr12F10K2NNa3O16S2. The molecule has 1 radical (unpaired) electrons. The van der Waals surface area contributed by atoms with E-state index in [4.69, 9.17) is 19.5 Å². The van der Waals surface area contributed by atoms with Gasteiger partial charge in [0.2, 0.25) is 0 Å². The Labute approximate surface area is 917 Å². The first-order chi connectivity index (χ1) is 47.1. The molecule has 0 unspecified atom stereocenters. The van der Waals surface area contributed by atoms with Crippen molar-refractivity contribution in [3.05, 3.63) is 161 Å². The van der Waals surface area contributed by atoms with Crippen LogP contribution in [-0.4, -0.2) is 94.2 Å². The molecule has 0 heterocycles. The van der Waals surface area contributed by atoms with Gasteiger partial charge in [-0.1, -0.05) is 84.5 Å². The minimum atomic E-state index is -6.17. The molecule has 617 valence electrons. The Balaban J connectivity index is -0.0000000942. The number of hydrogen-bond donors (Lipinski definition) is 1. The normalized spacial score (nSPS) is 12.3. The van der Waals surface area contributed by atoms with Gasteiger partial charge in [-0.25, -0.2) is 0 Å². The van der Waals surface area contributed by atoms with E-state index in [0.29, 0.717) is 32.9 Å². The number of alkyl halides is 8. The van der Waals surface area contributed by atoms with Gasteiger partial charge in [0.15, 0.2) is 10.8 Å². The Morgan fingerprint density at radius 3 is 0.867 bits per heavy atom. The smallest absolute Gasteiger partial charge is 1.00 e. The molecule has 0 aromatic heterocycles. The van der Waals surface area contributed by atoms with Crippen LogP contribution in [0.15, 0.2) is 110 Å². The summed E-state index contributed by atoms with van der Waals surface area (Å²) in [5.41, 5.74) is 1.82. The summed E-state index contributed by atoms with van der Waals surface area (Å²) in [6.45, 7) is 11.9. The third-order valence-corrected chi connectivity index (χ3v) is 24.3. The zero-order chi connectivity index (χ0) is 79.2. The molecule has 0 atom stereocenters. The van der Waals surface area contributed by atoms with E-state index >= 15 is 0 Å². The molecule has 0 amide bonds. The molecule has 47 heteroatoms. The number of carboxylic acid groups (broad SMARTS) is 2. The Bertz CT molecular complexity index is 3520. The molecule has 3 aliphatic rings. The first kappa shape index (κ1) is 143. The number of benzene rings is 5. The van der Waals surface area contributed by atoms with E-state index in [1.54, 1.807) is 39.8 Å². The molecule has 5 aromatic rings. The number of carbonyl (C=O) groups excluding carboxylic acids is 7. The zero-order valence-corrected chi connectivity index (χ0v) is 91.8. The molecule has 8 rings (SSSR count). The maximum absolute atomic E-state index is 12.9.